The van der Waals surface area contributed by atoms with Crippen LogP contribution in [0.1, 0.15) is 51.4 Å². The molecule has 0 aromatic rings. The first-order chi connectivity index (χ1) is 6.87. The van der Waals surface area contributed by atoms with Crippen molar-refractivity contribution in [3.63, 3.8) is 0 Å². The quantitative estimate of drug-likeness (QED) is 0.738. The summed E-state index contributed by atoms with van der Waals surface area (Å²) in [5.74, 6) is 0. The monoisotopic (exact) mass is 197 g/mol. The zero-order valence-corrected chi connectivity index (χ0v) is 9.13. The zero-order valence-electron chi connectivity index (χ0n) is 9.13. The standard InChI is InChI=1S/C12H23NO/c13-10-12(7-3-1-4-8-12)11-6-2-5-9-14-11/h11H,1-10,13H2. The second kappa shape index (κ2) is 4.63. The predicted octanol–water partition coefficient (Wildman–Crippen LogP) is 2.46. The Morgan fingerprint density at radius 1 is 1.07 bits per heavy atom. The van der Waals surface area contributed by atoms with E-state index in [-0.39, 0.29) is 0 Å². The molecule has 14 heavy (non-hydrogen) atoms. The lowest BCUT2D eigenvalue weighted by molar-refractivity contribution is -0.0798. The molecule has 1 aliphatic heterocycles. The topological polar surface area (TPSA) is 35.2 Å². The van der Waals surface area contributed by atoms with Crippen molar-refractivity contribution in [1.82, 2.24) is 0 Å². The molecule has 0 amide bonds. The van der Waals surface area contributed by atoms with Crippen molar-refractivity contribution in [3.8, 4) is 0 Å². The Hall–Kier alpha value is -0.0800. The molecule has 0 bridgehead atoms. The first-order valence-corrected chi connectivity index (χ1v) is 6.19. The van der Waals surface area contributed by atoms with Crippen molar-refractivity contribution >= 4 is 0 Å². The van der Waals surface area contributed by atoms with Gasteiger partial charge in [-0.05, 0) is 32.1 Å². The molecular formula is C12H23NO. The Morgan fingerprint density at radius 2 is 1.86 bits per heavy atom. The lowest BCUT2D eigenvalue weighted by Crippen LogP contribution is -2.46. The van der Waals surface area contributed by atoms with E-state index in [1.807, 2.05) is 0 Å². The highest BCUT2D eigenvalue weighted by Gasteiger charge is 2.39. The Balaban J connectivity index is 2.01. The van der Waals surface area contributed by atoms with Crippen LogP contribution >= 0.6 is 0 Å². The van der Waals surface area contributed by atoms with Crippen LogP contribution in [0.25, 0.3) is 0 Å². The third-order valence-electron chi connectivity index (χ3n) is 4.12. The van der Waals surface area contributed by atoms with Crippen LogP contribution in [-0.4, -0.2) is 19.3 Å². The van der Waals surface area contributed by atoms with Gasteiger partial charge in [-0.25, -0.2) is 0 Å². The number of hydrogen-bond donors (Lipinski definition) is 1. The van der Waals surface area contributed by atoms with E-state index in [2.05, 4.69) is 0 Å². The average molecular weight is 197 g/mol. The second-order valence-corrected chi connectivity index (χ2v) is 4.98. The van der Waals surface area contributed by atoms with Gasteiger partial charge in [0.25, 0.3) is 0 Å². The van der Waals surface area contributed by atoms with E-state index in [1.165, 1.54) is 51.4 Å². The van der Waals surface area contributed by atoms with Gasteiger partial charge in [0.05, 0.1) is 6.10 Å². The maximum Gasteiger partial charge on any atom is 0.0643 e. The molecule has 0 radical (unpaired) electrons. The maximum atomic E-state index is 5.99. The van der Waals surface area contributed by atoms with Crippen LogP contribution in [0, 0.1) is 5.41 Å². The summed E-state index contributed by atoms with van der Waals surface area (Å²) in [5.41, 5.74) is 6.33. The summed E-state index contributed by atoms with van der Waals surface area (Å²) in [5, 5.41) is 0. The van der Waals surface area contributed by atoms with Gasteiger partial charge in [-0.15, -0.1) is 0 Å². The summed E-state index contributed by atoms with van der Waals surface area (Å²) in [6.45, 7) is 1.80. The van der Waals surface area contributed by atoms with E-state index in [1.54, 1.807) is 0 Å². The minimum absolute atomic E-state index is 0.346. The Bertz CT molecular complexity index is 169. The summed E-state index contributed by atoms with van der Waals surface area (Å²) in [7, 11) is 0. The summed E-state index contributed by atoms with van der Waals surface area (Å²) < 4.78 is 5.93. The van der Waals surface area contributed by atoms with Crippen molar-refractivity contribution in [2.75, 3.05) is 13.2 Å². The van der Waals surface area contributed by atoms with E-state index in [4.69, 9.17) is 10.5 Å². The van der Waals surface area contributed by atoms with Crippen LogP contribution in [0.2, 0.25) is 0 Å². The van der Waals surface area contributed by atoms with Gasteiger partial charge in [-0.3, -0.25) is 0 Å². The van der Waals surface area contributed by atoms with Crippen LogP contribution in [0.5, 0.6) is 0 Å². The molecule has 1 heterocycles. The molecule has 1 unspecified atom stereocenters. The minimum atomic E-state index is 0.346. The van der Waals surface area contributed by atoms with Gasteiger partial charge in [-0.2, -0.15) is 0 Å². The van der Waals surface area contributed by atoms with Gasteiger partial charge in [0, 0.05) is 18.6 Å². The predicted molar refractivity (Wildman–Crippen MR) is 58.2 cm³/mol. The Morgan fingerprint density at radius 3 is 2.43 bits per heavy atom. The van der Waals surface area contributed by atoms with Gasteiger partial charge in [0.1, 0.15) is 0 Å². The summed E-state index contributed by atoms with van der Waals surface area (Å²) in [6.07, 6.45) is 11.0. The van der Waals surface area contributed by atoms with Crippen LogP contribution in [0.3, 0.4) is 0 Å². The fraction of sp³-hybridized carbons (Fsp3) is 1.00. The molecule has 2 aliphatic rings. The van der Waals surface area contributed by atoms with Crippen molar-refractivity contribution < 1.29 is 4.74 Å². The smallest absolute Gasteiger partial charge is 0.0643 e. The van der Waals surface area contributed by atoms with Gasteiger partial charge >= 0.3 is 0 Å². The Labute approximate surface area is 87.2 Å². The fourth-order valence-corrected chi connectivity index (χ4v) is 3.14. The summed E-state index contributed by atoms with van der Waals surface area (Å²) in [6, 6.07) is 0. The molecule has 1 atom stereocenters. The first-order valence-electron chi connectivity index (χ1n) is 6.19. The lowest BCUT2D eigenvalue weighted by atomic mass is 9.68. The Kier molecular flexibility index (Phi) is 3.45. The molecular weight excluding hydrogens is 174 g/mol. The largest absolute Gasteiger partial charge is 0.378 e. The molecule has 2 N–H and O–H groups in total. The highest BCUT2D eigenvalue weighted by molar-refractivity contribution is 4.91. The molecule has 2 fully saturated rings. The molecule has 0 spiro atoms. The van der Waals surface area contributed by atoms with Crippen molar-refractivity contribution in [2.24, 2.45) is 11.1 Å². The molecule has 0 aromatic carbocycles. The molecule has 1 aliphatic carbocycles. The molecule has 1 saturated carbocycles. The molecule has 0 aromatic heterocycles. The normalized spacial score (nSPS) is 32.8. The van der Waals surface area contributed by atoms with Gasteiger partial charge in [-0.1, -0.05) is 19.3 Å². The van der Waals surface area contributed by atoms with Gasteiger partial charge < -0.3 is 10.5 Å². The van der Waals surface area contributed by atoms with Gasteiger partial charge in [0.15, 0.2) is 0 Å². The number of rotatable bonds is 2. The van der Waals surface area contributed by atoms with Crippen molar-refractivity contribution in [2.45, 2.75) is 57.5 Å². The molecule has 2 heteroatoms. The summed E-state index contributed by atoms with van der Waals surface area (Å²) >= 11 is 0. The van der Waals surface area contributed by atoms with E-state index < -0.39 is 0 Å². The second-order valence-electron chi connectivity index (χ2n) is 4.98. The molecule has 2 rings (SSSR count). The SMILES string of the molecule is NCC1(C2CCCCO2)CCCCC1. The van der Waals surface area contributed by atoms with E-state index in [0.717, 1.165) is 13.2 Å². The third-order valence-corrected chi connectivity index (χ3v) is 4.12. The minimum Gasteiger partial charge on any atom is -0.378 e. The first kappa shape index (κ1) is 10.4. The highest BCUT2D eigenvalue weighted by Crippen LogP contribution is 2.42. The van der Waals surface area contributed by atoms with Crippen LogP contribution in [0.4, 0.5) is 0 Å². The van der Waals surface area contributed by atoms with Crippen LogP contribution in [-0.2, 0) is 4.74 Å². The number of nitrogens with two attached hydrogens (primary N) is 1. The van der Waals surface area contributed by atoms with Crippen LogP contribution in [0.15, 0.2) is 0 Å². The summed E-state index contributed by atoms with van der Waals surface area (Å²) in [4.78, 5) is 0. The van der Waals surface area contributed by atoms with Crippen LogP contribution < -0.4 is 5.73 Å². The van der Waals surface area contributed by atoms with E-state index in [9.17, 15) is 0 Å². The highest BCUT2D eigenvalue weighted by atomic mass is 16.5. The zero-order chi connectivity index (χ0) is 9.86. The van der Waals surface area contributed by atoms with Crippen molar-refractivity contribution in [3.05, 3.63) is 0 Å². The van der Waals surface area contributed by atoms with E-state index >= 15 is 0 Å². The molecule has 82 valence electrons. The maximum absolute atomic E-state index is 5.99. The van der Waals surface area contributed by atoms with Crippen molar-refractivity contribution in [1.29, 1.82) is 0 Å². The fourth-order valence-electron chi connectivity index (χ4n) is 3.14. The molecule has 1 saturated heterocycles. The number of ether oxygens (including phenoxy) is 1. The third kappa shape index (κ3) is 1.96. The van der Waals surface area contributed by atoms with Gasteiger partial charge in [0.2, 0.25) is 0 Å². The van der Waals surface area contributed by atoms with E-state index in [0.29, 0.717) is 11.5 Å². The average Bonchev–Trinajstić information content (AvgIpc) is 2.31. The number of hydrogen-bond acceptors (Lipinski definition) is 2. The molecule has 2 nitrogen and oxygen atoms in total. The lowest BCUT2D eigenvalue weighted by Gasteiger charge is -2.44.